The molecule has 4 nitrogen and oxygen atoms in total. The monoisotopic (exact) mass is 631 g/mol. The van der Waals surface area contributed by atoms with Crippen LogP contribution in [0.2, 0.25) is 10.0 Å². The fourth-order valence-corrected chi connectivity index (χ4v) is 5.81. The van der Waals surface area contributed by atoms with Gasteiger partial charge in [0.1, 0.15) is 44.0 Å². The van der Waals surface area contributed by atoms with Gasteiger partial charge in [0.15, 0.2) is 0 Å². The number of hydrogen-bond acceptors (Lipinski definition) is 4. The fourth-order valence-electron chi connectivity index (χ4n) is 5.23. The van der Waals surface area contributed by atoms with Crippen LogP contribution < -0.4 is 14.9 Å². The molecule has 0 spiro atoms. The Balaban J connectivity index is 1.11. The highest BCUT2D eigenvalue weighted by molar-refractivity contribution is 6.39. The molecule has 6 rings (SSSR count). The van der Waals surface area contributed by atoms with E-state index in [1.54, 1.807) is 12.1 Å². The van der Waals surface area contributed by atoms with Crippen LogP contribution in [0.3, 0.4) is 0 Å². The van der Waals surface area contributed by atoms with Crippen molar-refractivity contribution in [3.8, 4) is 45.0 Å². The molecule has 0 saturated heterocycles. The van der Waals surface area contributed by atoms with E-state index >= 15 is 0 Å². The van der Waals surface area contributed by atoms with Crippen molar-refractivity contribution >= 4 is 36.5 Å². The van der Waals surface area contributed by atoms with Gasteiger partial charge in [-0.05, 0) is 70.3 Å². The Morgan fingerprint density at radius 2 is 1.20 bits per heavy atom. The van der Waals surface area contributed by atoms with Gasteiger partial charge in [0.05, 0.1) is 15.6 Å². The molecule has 0 aliphatic carbocycles. The van der Waals surface area contributed by atoms with E-state index < -0.39 is 0 Å². The maximum atomic E-state index is 6.50. The molecule has 1 aromatic heterocycles. The third-order valence-electron chi connectivity index (χ3n) is 7.69. The zero-order chi connectivity index (χ0) is 31.3. The minimum absolute atomic E-state index is 0.114. The largest absolute Gasteiger partial charge is 0.489 e. The van der Waals surface area contributed by atoms with Crippen LogP contribution in [0, 0.1) is 0 Å². The normalized spacial score (nSPS) is 11.1. The van der Waals surface area contributed by atoms with Gasteiger partial charge in [-0.1, -0.05) is 120 Å². The van der Waals surface area contributed by atoms with Crippen molar-refractivity contribution in [3.63, 3.8) is 0 Å². The molecule has 0 bridgehead atoms. The average molecular weight is 632 g/mol. The summed E-state index contributed by atoms with van der Waals surface area (Å²) in [6, 6.07) is 38.6. The van der Waals surface area contributed by atoms with Crippen molar-refractivity contribution in [1.29, 1.82) is 0 Å². The predicted octanol–water partition coefficient (Wildman–Crippen LogP) is 9.52. The molecule has 0 aliphatic rings. The van der Waals surface area contributed by atoms with Crippen molar-refractivity contribution in [1.82, 2.24) is 5.16 Å². The molecule has 224 valence electrons. The van der Waals surface area contributed by atoms with Crippen LogP contribution in [0.1, 0.15) is 36.7 Å². The van der Waals surface area contributed by atoms with Gasteiger partial charge >= 0.3 is 0 Å². The van der Waals surface area contributed by atoms with E-state index in [1.165, 1.54) is 16.6 Å². The van der Waals surface area contributed by atoms with Crippen LogP contribution in [0.5, 0.6) is 11.5 Å². The second-order valence-electron chi connectivity index (χ2n) is 11.3. The Kier molecular flexibility index (Phi) is 9.30. The van der Waals surface area contributed by atoms with E-state index in [0.717, 1.165) is 39.5 Å². The topological polar surface area (TPSA) is 44.5 Å². The summed E-state index contributed by atoms with van der Waals surface area (Å²) < 4.78 is 18.0. The molecule has 0 fully saturated rings. The van der Waals surface area contributed by atoms with Crippen molar-refractivity contribution < 1.29 is 14.0 Å². The van der Waals surface area contributed by atoms with E-state index in [0.29, 0.717) is 27.9 Å². The van der Waals surface area contributed by atoms with Gasteiger partial charge in [-0.3, -0.25) is 0 Å². The molecule has 0 unspecified atom stereocenters. The van der Waals surface area contributed by atoms with Gasteiger partial charge in [0.25, 0.3) is 0 Å². The third kappa shape index (κ3) is 7.11. The fraction of sp³-hybridized carbons (Fsp3) is 0.132. The van der Waals surface area contributed by atoms with Crippen molar-refractivity contribution in [3.05, 3.63) is 142 Å². The lowest BCUT2D eigenvalue weighted by molar-refractivity contribution is 0.298. The standard InChI is InChI=1S/C38H32BCl2NO3/c1-24(2)38-33(37(42-45-38)36-34(40)7-4-8-35(36)41)23-44-32-19-13-28(14-20-32)29-6-3-5-25(21-29)22-43-31-17-11-27(12-18-31)26-9-15-30(39)16-10-26/h3-21,24H,22-23,39H2,1-2H3. The van der Waals surface area contributed by atoms with E-state index in [1.807, 2.05) is 30.3 Å². The van der Waals surface area contributed by atoms with Gasteiger partial charge in [0.2, 0.25) is 0 Å². The molecule has 0 saturated carbocycles. The van der Waals surface area contributed by atoms with Gasteiger partial charge in [-0.15, -0.1) is 0 Å². The second-order valence-corrected chi connectivity index (χ2v) is 12.1. The molecule has 0 aliphatic heterocycles. The quantitative estimate of drug-likeness (QED) is 0.141. The third-order valence-corrected chi connectivity index (χ3v) is 8.31. The first-order chi connectivity index (χ1) is 21.9. The number of aromatic nitrogens is 1. The van der Waals surface area contributed by atoms with Crippen LogP contribution in [0.4, 0.5) is 0 Å². The molecule has 0 N–H and O–H groups in total. The molecular weight excluding hydrogens is 600 g/mol. The van der Waals surface area contributed by atoms with Gasteiger partial charge < -0.3 is 14.0 Å². The first kappa shape index (κ1) is 30.6. The Bertz CT molecular complexity index is 1880. The Morgan fingerprint density at radius 3 is 1.80 bits per heavy atom. The zero-order valence-corrected chi connectivity index (χ0v) is 26.9. The highest BCUT2D eigenvalue weighted by atomic mass is 35.5. The maximum Gasteiger partial charge on any atom is 0.146 e. The number of benzene rings is 5. The summed E-state index contributed by atoms with van der Waals surface area (Å²) in [7, 11) is 2.10. The van der Waals surface area contributed by atoms with Crippen LogP contribution >= 0.6 is 23.2 Å². The lowest BCUT2D eigenvalue weighted by Gasteiger charge is -2.12. The minimum atomic E-state index is 0.114. The molecule has 45 heavy (non-hydrogen) atoms. The minimum Gasteiger partial charge on any atom is -0.489 e. The number of rotatable bonds is 10. The summed E-state index contributed by atoms with van der Waals surface area (Å²) in [5, 5.41) is 5.35. The SMILES string of the molecule is Bc1ccc(-c2ccc(OCc3cccc(-c4ccc(OCc5c(-c6c(Cl)cccc6Cl)noc5C(C)C)cc4)c3)cc2)cc1. The molecule has 7 heteroatoms. The summed E-state index contributed by atoms with van der Waals surface area (Å²) in [5.41, 5.74) is 8.99. The number of hydrogen-bond donors (Lipinski definition) is 0. The average Bonchev–Trinajstić information content (AvgIpc) is 3.47. The maximum absolute atomic E-state index is 6.50. The highest BCUT2D eigenvalue weighted by Crippen LogP contribution is 2.39. The van der Waals surface area contributed by atoms with E-state index in [-0.39, 0.29) is 12.5 Å². The molecular formula is C38H32BCl2NO3. The molecule has 0 atom stereocenters. The summed E-state index contributed by atoms with van der Waals surface area (Å²) >= 11 is 13.0. The number of nitrogens with zero attached hydrogens (tertiary/aromatic N) is 1. The Morgan fingerprint density at radius 1 is 0.667 bits per heavy atom. The summed E-state index contributed by atoms with van der Waals surface area (Å²) in [5.74, 6) is 2.44. The van der Waals surface area contributed by atoms with Gasteiger partial charge in [-0.2, -0.15) is 0 Å². The predicted molar refractivity (Wildman–Crippen MR) is 187 cm³/mol. The smallest absolute Gasteiger partial charge is 0.146 e. The van der Waals surface area contributed by atoms with Gasteiger partial charge in [-0.25, -0.2) is 0 Å². The van der Waals surface area contributed by atoms with Crippen LogP contribution in [-0.4, -0.2) is 13.0 Å². The summed E-state index contributed by atoms with van der Waals surface area (Å²) in [4.78, 5) is 0. The Hall–Kier alpha value is -4.45. The molecule has 0 amide bonds. The highest BCUT2D eigenvalue weighted by Gasteiger charge is 2.23. The first-order valence-corrected chi connectivity index (χ1v) is 15.7. The van der Waals surface area contributed by atoms with Crippen molar-refractivity contribution in [2.24, 2.45) is 0 Å². The molecule has 1 heterocycles. The lowest BCUT2D eigenvalue weighted by Crippen LogP contribution is -2.01. The van der Waals surface area contributed by atoms with Crippen molar-refractivity contribution in [2.45, 2.75) is 33.0 Å². The van der Waals surface area contributed by atoms with Gasteiger partial charge in [0, 0.05) is 11.5 Å². The van der Waals surface area contributed by atoms with Crippen LogP contribution in [-0.2, 0) is 13.2 Å². The molecule has 6 aromatic rings. The molecule has 5 aromatic carbocycles. The second kappa shape index (κ2) is 13.7. The summed E-state index contributed by atoms with van der Waals surface area (Å²) in [6.45, 7) is 4.86. The Labute approximate surface area is 274 Å². The first-order valence-electron chi connectivity index (χ1n) is 14.9. The summed E-state index contributed by atoms with van der Waals surface area (Å²) in [6.07, 6.45) is 0. The van der Waals surface area contributed by atoms with E-state index in [9.17, 15) is 0 Å². The van der Waals surface area contributed by atoms with Crippen molar-refractivity contribution in [2.75, 3.05) is 0 Å². The zero-order valence-electron chi connectivity index (χ0n) is 25.4. The van der Waals surface area contributed by atoms with Crippen LogP contribution in [0.15, 0.2) is 120 Å². The van der Waals surface area contributed by atoms with E-state index in [4.69, 9.17) is 37.2 Å². The van der Waals surface area contributed by atoms with Crippen LogP contribution in [0.25, 0.3) is 33.5 Å². The number of ether oxygens (including phenoxy) is 2. The van der Waals surface area contributed by atoms with E-state index in [2.05, 4.69) is 99.6 Å². The molecule has 0 radical (unpaired) electrons. The lowest BCUT2D eigenvalue weighted by atomic mass is 9.94. The number of halogens is 2.